The summed E-state index contributed by atoms with van der Waals surface area (Å²) in [5.74, 6) is 1.71. The molecule has 0 aliphatic heterocycles. The lowest BCUT2D eigenvalue weighted by molar-refractivity contribution is 0.269. The quantitative estimate of drug-likeness (QED) is 0.596. The second-order valence-electron chi connectivity index (χ2n) is 4.80. The molecule has 0 rings (SSSR count). The van der Waals surface area contributed by atoms with Crippen molar-refractivity contribution in [3.63, 3.8) is 0 Å². The average molecular weight is 200 g/mol. The lowest BCUT2D eigenvalue weighted by atomic mass is 9.94. The number of hydrogen-bond donors (Lipinski definition) is 1. The molecular weight excluding hydrogens is 172 g/mol. The molecule has 0 aromatic carbocycles. The van der Waals surface area contributed by atoms with Crippen molar-refractivity contribution in [2.24, 2.45) is 11.8 Å². The first-order chi connectivity index (χ1) is 6.70. The van der Waals surface area contributed by atoms with Crippen molar-refractivity contribution in [1.29, 1.82) is 0 Å². The van der Waals surface area contributed by atoms with Gasteiger partial charge >= 0.3 is 0 Å². The molecule has 0 spiro atoms. The van der Waals surface area contributed by atoms with Crippen LogP contribution in [-0.2, 0) is 0 Å². The molecule has 0 heterocycles. The molecule has 14 heavy (non-hydrogen) atoms. The molecule has 1 N–H and O–H groups in total. The van der Waals surface area contributed by atoms with E-state index in [2.05, 4.69) is 20.8 Å². The van der Waals surface area contributed by atoms with Crippen LogP contribution in [-0.4, -0.2) is 11.7 Å². The van der Waals surface area contributed by atoms with E-state index in [-0.39, 0.29) is 0 Å². The van der Waals surface area contributed by atoms with Crippen LogP contribution in [0.5, 0.6) is 0 Å². The smallest absolute Gasteiger partial charge is 0.0431 e. The average Bonchev–Trinajstić information content (AvgIpc) is 2.15. The van der Waals surface area contributed by atoms with Crippen molar-refractivity contribution < 1.29 is 5.11 Å². The highest BCUT2D eigenvalue weighted by Crippen LogP contribution is 2.18. The first-order valence-corrected chi connectivity index (χ1v) is 6.31. The summed E-state index contributed by atoms with van der Waals surface area (Å²) in [5, 5.41) is 8.70. The third kappa shape index (κ3) is 8.55. The number of rotatable bonds is 9. The fourth-order valence-electron chi connectivity index (χ4n) is 2.04. The van der Waals surface area contributed by atoms with Crippen molar-refractivity contribution in [3.05, 3.63) is 0 Å². The van der Waals surface area contributed by atoms with Gasteiger partial charge in [-0.3, -0.25) is 0 Å². The summed E-state index contributed by atoms with van der Waals surface area (Å²) in [6.45, 7) is 7.29. The molecule has 0 amide bonds. The summed E-state index contributed by atoms with van der Waals surface area (Å²) in [4.78, 5) is 0. The Morgan fingerprint density at radius 1 is 0.857 bits per heavy atom. The van der Waals surface area contributed by atoms with Crippen LogP contribution in [0, 0.1) is 11.8 Å². The zero-order chi connectivity index (χ0) is 10.8. The highest BCUT2D eigenvalue weighted by molar-refractivity contribution is 4.57. The van der Waals surface area contributed by atoms with Gasteiger partial charge in [-0.15, -0.1) is 0 Å². The van der Waals surface area contributed by atoms with Gasteiger partial charge in [-0.25, -0.2) is 0 Å². The van der Waals surface area contributed by atoms with Crippen molar-refractivity contribution >= 4 is 0 Å². The molecule has 1 nitrogen and oxygen atoms in total. The molecule has 0 radical (unpaired) electrons. The van der Waals surface area contributed by atoms with Crippen molar-refractivity contribution in [2.45, 2.75) is 65.7 Å². The molecule has 0 fully saturated rings. The second-order valence-corrected chi connectivity index (χ2v) is 4.80. The van der Waals surface area contributed by atoms with Gasteiger partial charge in [0.1, 0.15) is 0 Å². The Morgan fingerprint density at radius 2 is 1.36 bits per heavy atom. The maximum atomic E-state index is 8.70. The standard InChI is InChI=1S/C13H28O/c1-4-7-12(2)8-5-9-13(3)10-6-11-14/h12-14H,4-11H2,1-3H3. The minimum Gasteiger partial charge on any atom is -0.396 e. The lowest BCUT2D eigenvalue weighted by Crippen LogP contribution is -1.99. The molecule has 0 saturated heterocycles. The Kier molecular flexibility index (Phi) is 9.49. The largest absolute Gasteiger partial charge is 0.396 e. The zero-order valence-corrected chi connectivity index (χ0v) is 10.3. The van der Waals surface area contributed by atoms with Crippen LogP contribution in [0.25, 0.3) is 0 Å². The van der Waals surface area contributed by atoms with Gasteiger partial charge in [0.05, 0.1) is 0 Å². The van der Waals surface area contributed by atoms with Gasteiger partial charge in [0, 0.05) is 6.61 Å². The second kappa shape index (κ2) is 9.51. The van der Waals surface area contributed by atoms with Crippen LogP contribution in [0.2, 0.25) is 0 Å². The summed E-state index contributed by atoms with van der Waals surface area (Å²) in [6, 6.07) is 0. The molecule has 0 aliphatic rings. The minimum atomic E-state index is 0.358. The molecule has 0 saturated carbocycles. The maximum absolute atomic E-state index is 8.70. The Morgan fingerprint density at radius 3 is 1.86 bits per heavy atom. The molecule has 2 unspecified atom stereocenters. The molecule has 86 valence electrons. The highest BCUT2D eigenvalue weighted by Gasteiger charge is 2.04. The number of aliphatic hydroxyl groups excluding tert-OH is 1. The van der Waals surface area contributed by atoms with E-state index >= 15 is 0 Å². The minimum absolute atomic E-state index is 0.358. The maximum Gasteiger partial charge on any atom is 0.0431 e. The normalized spacial score (nSPS) is 15.4. The van der Waals surface area contributed by atoms with Gasteiger partial charge in [0.2, 0.25) is 0 Å². The Bertz CT molecular complexity index is 112. The van der Waals surface area contributed by atoms with Gasteiger partial charge in [-0.1, -0.05) is 52.9 Å². The van der Waals surface area contributed by atoms with E-state index in [4.69, 9.17) is 5.11 Å². The van der Waals surface area contributed by atoms with Gasteiger partial charge in [-0.2, -0.15) is 0 Å². The molecule has 1 heteroatoms. The monoisotopic (exact) mass is 200 g/mol. The van der Waals surface area contributed by atoms with Gasteiger partial charge in [-0.05, 0) is 24.7 Å². The van der Waals surface area contributed by atoms with Crippen LogP contribution in [0.1, 0.15) is 65.7 Å². The SMILES string of the molecule is CCCC(C)CCCC(C)CCCO. The van der Waals surface area contributed by atoms with E-state index in [9.17, 15) is 0 Å². The van der Waals surface area contributed by atoms with Gasteiger partial charge in [0.25, 0.3) is 0 Å². The molecule has 2 atom stereocenters. The summed E-state index contributed by atoms with van der Waals surface area (Å²) in [7, 11) is 0. The molecule has 0 bridgehead atoms. The van der Waals surface area contributed by atoms with E-state index in [1.165, 1.54) is 38.5 Å². The third-order valence-electron chi connectivity index (χ3n) is 3.03. The number of aliphatic hydroxyl groups is 1. The highest BCUT2D eigenvalue weighted by atomic mass is 16.2. The van der Waals surface area contributed by atoms with Crippen molar-refractivity contribution in [1.82, 2.24) is 0 Å². The predicted molar refractivity (Wildman–Crippen MR) is 63.4 cm³/mol. The lowest BCUT2D eigenvalue weighted by Gasteiger charge is -2.13. The third-order valence-corrected chi connectivity index (χ3v) is 3.03. The van der Waals surface area contributed by atoms with E-state index in [1.54, 1.807) is 0 Å². The molecule has 0 aliphatic carbocycles. The number of hydrogen-bond acceptors (Lipinski definition) is 1. The fourth-order valence-corrected chi connectivity index (χ4v) is 2.04. The van der Waals surface area contributed by atoms with Gasteiger partial charge < -0.3 is 5.11 Å². The van der Waals surface area contributed by atoms with Crippen LogP contribution in [0.4, 0.5) is 0 Å². The van der Waals surface area contributed by atoms with E-state index < -0.39 is 0 Å². The Hall–Kier alpha value is -0.0400. The summed E-state index contributed by atoms with van der Waals surface area (Å²) >= 11 is 0. The Balaban J connectivity index is 3.25. The first-order valence-electron chi connectivity index (χ1n) is 6.31. The van der Waals surface area contributed by atoms with E-state index in [0.29, 0.717) is 6.61 Å². The van der Waals surface area contributed by atoms with E-state index in [0.717, 1.165) is 18.3 Å². The first kappa shape index (κ1) is 14.0. The van der Waals surface area contributed by atoms with Crippen LogP contribution < -0.4 is 0 Å². The summed E-state index contributed by atoms with van der Waals surface area (Å²) in [6.07, 6.45) is 8.97. The fraction of sp³-hybridized carbons (Fsp3) is 1.00. The van der Waals surface area contributed by atoms with Crippen molar-refractivity contribution in [3.8, 4) is 0 Å². The zero-order valence-electron chi connectivity index (χ0n) is 10.3. The van der Waals surface area contributed by atoms with Crippen LogP contribution in [0.15, 0.2) is 0 Å². The summed E-state index contributed by atoms with van der Waals surface area (Å²) in [5.41, 5.74) is 0. The molecule has 0 aromatic heterocycles. The van der Waals surface area contributed by atoms with Crippen LogP contribution in [0.3, 0.4) is 0 Å². The molecule has 0 aromatic rings. The molecular formula is C13H28O. The topological polar surface area (TPSA) is 20.2 Å². The predicted octanol–water partition coefficient (Wildman–Crippen LogP) is 4.00. The van der Waals surface area contributed by atoms with E-state index in [1.807, 2.05) is 0 Å². The summed E-state index contributed by atoms with van der Waals surface area (Å²) < 4.78 is 0. The van der Waals surface area contributed by atoms with Crippen LogP contribution >= 0.6 is 0 Å². The van der Waals surface area contributed by atoms with Gasteiger partial charge in [0.15, 0.2) is 0 Å². The Labute approximate surface area is 89.9 Å². The van der Waals surface area contributed by atoms with Crippen molar-refractivity contribution in [2.75, 3.05) is 6.61 Å².